The predicted octanol–water partition coefficient (Wildman–Crippen LogP) is 4.21. The molecule has 0 atom stereocenters. The summed E-state index contributed by atoms with van der Waals surface area (Å²) >= 11 is 3.44. The maximum absolute atomic E-state index is 3.97. The molecular formula is C14H15BrN2. The first-order valence-corrected chi connectivity index (χ1v) is 6.53. The molecule has 1 aromatic carbocycles. The van der Waals surface area contributed by atoms with Crippen LogP contribution in [0.15, 0.2) is 47.3 Å². The number of H-pyrrole nitrogens is 1. The van der Waals surface area contributed by atoms with E-state index in [1.54, 1.807) is 6.33 Å². The van der Waals surface area contributed by atoms with E-state index < -0.39 is 0 Å². The number of allylic oxidation sites excluding steroid dienone is 1. The van der Waals surface area contributed by atoms with Crippen LogP contribution in [0.3, 0.4) is 0 Å². The van der Waals surface area contributed by atoms with Crippen molar-refractivity contribution in [3.05, 3.63) is 58.6 Å². The number of halogens is 1. The number of aromatic amines is 1. The van der Waals surface area contributed by atoms with Gasteiger partial charge in [-0.05, 0) is 43.0 Å². The van der Waals surface area contributed by atoms with Crippen molar-refractivity contribution in [1.29, 1.82) is 0 Å². The highest BCUT2D eigenvalue weighted by Gasteiger charge is 1.92. The van der Waals surface area contributed by atoms with Gasteiger partial charge in [-0.1, -0.05) is 34.1 Å². The van der Waals surface area contributed by atoms with Crippen LogP contribution >= 0.6 is 15.9 Å². The lowest BCUT2D eigenvalue weighted by Gasteiger charge is -1.99. The second-order valence-corrected chi connectivity index (χ2v) is 4.84. The molecule has 1 heterocycles. The molecule has 1 N–H and O–H groups in total. The van der Waals surface area contributed by atoms with Gasteiger partial charge in [-0.2, -0.15) is 0 Å². The van der Waals surface area contributed by atoms with E-state index in [9.17, 15) is 0 Å². The molecule has 2 nitrogen and oxygen atoms in total. The summed E-state index contributed by atoms with van der Waals surface area (Å²) in [4.78, 5) is 7.01. The molecule has 88 valence electrons. The summed E-state index contributed by atoms with van der Waals surface area (Å²) < 4.78 is 1.14. The van der Waals surface area contributed by atoms with Crippen molar-refractivity contribution in [2.75, 3.05) is 0 Å². The summed E-state index contributed by atoms with van der Waals surface area (Å²) in [7, 11) is 0. The highest BCUT2D eigenvalue weighted by atomic mass is 79.9. The fraction of sp³-hybridized carbons (Fsp3) is 0.214. The van der Waals surface area contributed by atoms with E-state index in [-0.39, 0.29) is 0 Å². The van der Waals surface area contributed by atoms with Crippen LogP contribution in [0, 0.1) is 0 Å². The lowest BCUT2D eigenvalue weighted by molar-refractivity contribution is 0.844. The van der Waals surface area contributed by atoms with Crippen LogP contribution in [-0.4, -0.2) is 9.97 Å². The average molecular weight is 291 g/mol. The molecule has 0 bridgehead atoms. The summed E-state index contributed by atoms with van der Waals surface area (Å²) in [5, 5.41) is 0. The molecule has 0 saturated carbocycles. The molecule has 0 fully saturated rings. The Morgan fingerprint density at radius 3 is 2.76 bits per heavy atom. The molecule has 0 aliphatic carbocycles. The van der Waals surface area contributed by atoms with Crippen LogP contribution in [0.5, 0.6) is 0 Å². The standard InChI is InChI=1S/C14H15BrN2/c15-13-8-6-12(7-9-13)4-2-1-3-5-14-10-16-11-17-14/h3,5-11H,1-2,4H2,(H,16,17)/b5-3+. The fourth-order valence-electron chi connectivity index (χ4n) is 1.64. The second kappa shape index (κ2) is 6.40. The van der Waals surface area contributed by atoms with Crippen molar-refractivity contribution in [3.63, 3.8) is 0 Å². The first-order chi connectivity index (χ1) is 8.34. The zero-order valence-electron chi connectivity index (χ0n) is 9.57. The number of aryl methyl sites for hydroxylation is 1. The first kappa shape index (κ1) is 12.1. The summed E-state index contributed by atoms with van der Waals surface area (Å²) in [6, 6.07) is 8.52. The smallest absolute Gasteiger partial charge is 0.0924 e. The molecule has 3 heteroatoms. The molecule has 0 aliphatic rings. The van der Waals surface area contributed by atoms with E-state index in [2.05, 4.69) is 62.3 Å². The van der Waals surface area contributed by atoms with Gasteiger partial charge in [0, 0.05) is 4.47 Å². The largest absolute Gasteiger partial charge is 0.345 e. The van der Waals surface area contributed by atoms with Gasteiger partial charge in [0.2, 0.25) is 0 Å². The third-order valence-electron chi connectivity index (χ3n) is 2.57. The number of imidazole rings is 1. The normalized spacial score (nSPS) is 11.1. The Morgan fingerprint density at radius 1 is 1.24 bits per heavy atom. The van der Waals surface area contributed by atoms with E-state index in [1.165, 1.54) is 12.0 Å². The molecule has 0 amide bonds. The van der Waals surface area contributed by atoms with Gasteiger partial charge >= 0.3 is 0 Å². The van der Waals surface area contributed by atoms with Crippen LogP contribution in [0.1, 0.15) is 24.1 Å². The molecule has 0 aliphatic heterocycles. The van der Waals surface area contributed by atoms with Crippen LogP contribution < -0.4 is 0 Å². The lowest BCUT2D eigenvalue weighted by Crippen LogP contribution is -1.83. The monoisotopic (exact) mass is 290 g/mol. The number of aromatic nitrogens is 2. The minimum Gasteiger partial charge on any atom is -0.345 e. The molecule has 2 rings (SSSR count). The maximum atomic E-state index is 3.97. The molecule has 0 unspecified atom stereocenters. The Bertz CT molecular complexity index is 457. The molecule has 0 saturated heterocycles. The van der Waals surface area contributed by atoms with Crippen LogP contribution in [0.4, 0.5) is 0 Å². The van der Waals surface area contributed by atoms with Gasteiger partial charge in [-0.25, -0.2) is 4.98 Å². The minimum absolute atomic E-state index is 1.06. The first-order valence-electron chi connectivity index (χ1n) is 5.74. The summed E-state index contributed by atoms with van der Waals surface area (Å²) in [5.74, 6) is 0. The number of unbranched alkanes of at least 4 members (excludes halogenated alkanes) is 1. The number of nitrogens with zero attached hydrogens (tertiary/aromatic N) is 1. The van der Waals surface area contributed by atoms with E-state index >= 15 is 0 Å². The minimum atomic E-state index is 1.06. The molecule has 2 aromatic rings. The van der Waals surface area contributed by atoms with Gasteiger partial charge in [0.25, 0.3) is 0 Å². The third-order valence-corrected chi connectivity index (χ3v) is 3.09. The van der Waals surface area contributed by atoms with Crippen molar-refractivity contribution < 1.29 is 0 Å². The van der Waals surface area contributed by atoms with Crippen molar-refractivity contribution in [3.8, 4) is 0 Å². The molecular weight excluding hydrogens is 276 g/mol. The topological polar surface area (TPSA) is 28.7 Å². The van der Waals surface area contributed by atoms with Gasteiger partial charge in [0.1, 0.15) is 0 Å². The number of hydrogen-bond acceptors (Lipinski definition) is 1. The molecule has 0 radical (unpaired) electrons. The summed E-state index contributed by atoms with van der Waals surface area (Å²) in [6.45, 7) is 0. The van der Waals surface area contributed by atoms with Gasteiger partial charge in [-0.15, -0.1) is 0 Å². The zero-order chi connectivity index (χ0) is 11.9. The third kappa shape index (κ3) is 4.19. The molecule has 17 heavy (non-hydrogen) atoms. The number of rotatable bonds is 5. The summed E-state index contributed by atoms with van der Waals surface area (Å²) in [6.07, 6.45) is 11.2. The molecule has 1 aromatic heterocycles. The quantitative estimate of drug-likeness (QED) is 0.821. The van der Waals surface area contributed by atoms with Crippen LogP contribution in [-0.2, 0) is 6.42 Å². The Kier molecular flexibility index (Phi) is 4.56. The van der Waals surface area contributed by atoms with Crippen molar-refractivity contribution >= 4 is 22.0 Å². The van der Waals surface area contributed by atoms with Crippen LogP contribution in [0.2, 0.25) is 0 Å². The number of nitrogens with one attached hydrogen (secondary N) is 1. The van der Waals surface area contributed by atoms with E-state index in [0.717, 1.165) is 23.0 Å². The average Bonchev–Trinajstić information content (AvgIpc) is 2.84. The zero-order valence-corrected chi connectivity index (χ0v) is 11.2. The number of benzene rings is 1. The van der Waals surface area contributed by atoms with Gasteiger partial charge in [0.15, 0.2) is 0 Å². The van der Waals surface area contributed by atoms with Crippen LogP contribution in [0.25, 0.3) is 6.08 Å². The van der Waals surface area contributed by atoms with Crippen molar-refractivity contribution in [2.24, 2.45) is 0 Å². The predicted molar refractivity (Wildman–Crippen MR) is 74.7 cm³/mol. The number of hydrogen-bond donors (Lipinski definition) is 1. The molecule has 0 spiro atoms. The second-order valence-electron chi connectivity index (χ2n) is 3.93. The van der Waals surface area contributed by atoms with Crippen molar-refractivity contribution in [2.45, 2.75) is 19.3 Å². The Morgan fingerprint density at radius 2 is 2.06 bits per heavy atom. The van der Waals surface area contributed by atoms with Gasteiger partial charge < -0.3 is 4.98 Å². The lowest BCUT2D eigenvalue weighted by atomic mass is 10.1. The fourth-order valence-corrected chi connectivity index (χ4v) is 1.91. The highest BCUT2D eigenvalue weighted by molar-refractivity contribution is 9.10. The van der Waals surface area contributed by atoms with Gasteiger partial charge in [0.05, 0.1) is 18.2 Å². The van der Waals surface area contributed by atoms with E-state index in [1.807, 2.05) is 6.20 Å². The Labute approximate surface area is 110 Å². The SMILES string of the molecule is Brc1ccc(CCC/C=C/c2cnc[nH]2)cc1. The van der Waals surface area contributed by atoms with Gasteiger partial charge in [-0.3, -0.25) is 0 Å². The van der Waals surface area contributed by atoms with Crippen molar-refractivity contribution in [1.82, 2.24) is 9.97 Å². The van der Waals surface area contributed by atoms with E-state index in [0.29, 0.717) is 0 Å². The summed E-state index contributed by atoms with van der Waals surface area (Å²) in [5.41, 5.74) is 2.46. The Hall–Kier alpha value is -1.35. The highest BCUT2D eigenvalue weighted by Crippen LogP contribution is 2.12. The Balaban J connectivity index is 1.71. The maximum Gasteiger partial charge on any atom is 0.0924 e. The van der Waals surface area contributed by atoms with E-state index in [4.69, 9.17) is 0 Å².